The molecule has 2 rings (SSSR count). The first kappa shape index (κ1) is 18.1. The van der Waals surface area contributed by atoms with Crippen molar-refractivity contribution in [1.82, 2.24) is 10.3 Å². The Bertz CT molecular complexity index is 738. The number of amides is 2. The molecule has 0 radical (unpaired) electrons. The molecule has 0 aliphatic carbocycles. The molecule has 1 heterocycles. The smallest absolute Gasteiger partial charge is 0.275 e. The number of nitrogens with one attached hydrogen (secondary N) is 2. The summed E-state index contributed by atoms with van der Waals surface area (Å²) < 4.78 is 0. The van der Waals surface area contributed by atoms with Crippen LogP contribution < -0.4 is 10.6 Å². The van der Waals surface area contributed by atoms with Crippen LogP contribution in [-0.2, 0) is 6.42 Å². The minimum Gasteiger partial charge on any atom is -0.350 e. The summed E-state index contributed by atoms with van der Waals surface area (Å²) in [6.45, 7) is 7.79. The van der Waals surface area contributed by atoms with Crippen LogP contribution in [0.2, 0.25) is 0 Å². The molecule has 2 aromatic rings. The molecular formula is C18H23N3O2S. The number of aryl methyl sites for hydroxylation is 2. The lowest BCUT2D eigenvalue weighted by atomic mass is 10.1. The Kier molecular flexibility index (Phi) is 6.09. The van der Waals surface area contributed by atoms with Gasteiger partial charge in [-0.05, 0) is 51.3 Å². The highest BCUT2D eigenvalue weighted by molar-refractivity contribution is 7.09. The highest BCUT2D eigenvalue weighted by atomic mass is 32.1. The van der Waals surface area contributed by atoms with Crippen LogP contribution in [0.25, 0.3) is 0 Å². The standard InChI is InChI=1S/C18H23N3O2S/c1-5-6-16-20-15(10-24-16)18(23)21-14-9-13(8-7-12(14)4)17(22)19-11(2)3/h7-11H,5-6H2,1-4H3,(H,19,22)(H,21,23). The van der Waals surface area contributed by atoms with Crippen LogP contribution in [0.5, 0.6) is 0 Å². The summed E-state index contributed by atoms with van der Waals surface area (Å²) >= 11 is 1.50. The highest BCUT2D eigenvalue weighted by Crippen LogP contribution is 2.19. The Hall–Kier alpha value is -2.21. The first-order valence-electron chi connectivity index (χ1n) is 8.08. The quantitative estimate of drug-likeness (QED) is 0.836. The topological polar surface area (TPSA) is 71.1 Å². The van der Waals surface area contributed by atoms with E-state index in [0.29, 0.717) is 16.9 Å². The first-order valence-corrected chi connectivity index (χ1v) is 8.96. The predicted molar refractivity (Wildman–Crippen MR) is 97.8 cm³/mol. The van der Waals surface area contributed by atoms with Crippen molar-refractivity contribution in [2.75, 3.05) is 5.32 Å². The van der Waals surface area contributed by atoms with Crippen molar-refractivity contribution in [2.45, 2.75) is 46.6 Å². The monoisotopic (exact) mass is 345 g/mol. The van der Waals surface area contributed by atoms with Gasteiger partial charge in [-0.15, -0.1) is 11.3 Å². The third kappa shape index (κ3) is 4.64. The summed E-state index contributed by atoms with van der Waals surface area (Å²) in [4.78, 5) is 28.8. The third-order valence-electron chi connectivity index (χ3n) is 3.42. The molecule has 0 fully saturated rings. The van der Waals surface area contributed by atoms with Gasteiger partial charge in [-0.25, -0.2) is 4.98 Å². The largest absolute Gasteiger partial charge is 0.350 e. The number of anilines is 1. The zero-order valence-electron chi connectivity index (χ0n) is 14.5. The summed E-state index contributed by atoms with van der Waals surface area (Å²) in [5, 5.41) is 8.43. The molecule has 24 heavy (non-hydrogen) atoms. The van der Waals surface area contributed by atoms with Gasteiger partial charge in [0.2, 0.25) is 0 Å². The minimum atomic E-state index is -0.252. The Balaban J connectivity index is 2.15. The second kappa shape index (κ2) is 8.06. The van der Waals surface area contributed by atoms with Crippen molar-refractivity contribution in [3.63, 3.8) is 0 Å². The number of benzene rings is 1. The minimum absolute atomic E-state index is 0.0591. The number of nitrogens with zero attached hydrogens (tertiary/aromatic N) is 1. The van der Waals surface area contributed by atoms with Crippen LogP contribution in [0, 0.1) is 6.92 Å². The average Bonchev–Trinajstić information content (AvgIpc) is 2.98. The first-order chi connectivity index (χ1) is 11.4. The van der Waals surface area contributed by atoms with E-state index >= 15 is 0 Å². The predicted octanol–water partition coefficient (Wildman–Crippen LogP) is 3.79. The molecule has 0 unspecified atom stereocenters. The Morgan fingerprint density at radius 3 is 2.67 bits per heavy atom. The molecule has 0 atom stereocenters. The molecule has 0 bridgehead atoms. The average molecular weight is 345 g/mol. The van der Waals surface area contributed by atoms with Gasteiger partial charge < -0.3 is 10.6 Å². The van der Waals surface area contributed by atoms with Gasteiger partial charge in [0.25, 0.3) is 11.8 Å². The lowest BCUT2D eigenvalue weighted by molar-refractivity contribution is 0.0941. The van der Waals surface area contributed by atoms with E-state index in [9.17, 15) is 9.59 Å². The number of aromatic nitrogens is 1. The van der Waals surface area contributed by atoms with Gasteiger partial charge in [-0.1, -0.05) is 13.0 Å². The molecule has 1 aromatic heterocycles. The Labute approximate surface area is 146 Å². The van der Waals surface area contributed by atoms with Crippen molar-refractivity contribution in [1.29, 1.82) is 0 Å². The van der Waals surface area contributed by atoms with Gasteiger partial charge in [-0.2, -0.15) is 0 Å². The number of rotatable bonds is 6. The normalized spacial score (nSPS) is 10.7. The fourth-order valence-corrected chi connectivity index (χ4v) is 3.05. The maximum absolute atomic E-state index is 12.4. The van der Waals surface area contributed by atoms with E-state index in [0.717, 1.165) is 23.4 Å². The molecule has 0 spiro atoms. The summed E-state index contributed by atoms with van der Waals surface area (Å²) in [5.74, 6) is -0.405. The van der Waals surface area contributed by atoms with E-state index in [-0.39, 0.29) is 17.9 Å². The van der Waals surface area contributed by atoms with E-state index in [4.69, 9.17) is 0 Å². The zero-order chi connectivity index (χ0) is 17.7. The van der Waals surface area contributed by atoms with Crippen LogP contribution in [0.15, 0.2) is 23.6 Å². The van der Waals surface area contributed by atoms with Crippen LogP contribution in [0.4, 0.5) is 5.69 Å². The molecule has 128 valence electrons. The van der Waals surface area contributed by atoms with Crippen molar-refractivity contribution >= 4 is 28.8 Å². The Morgan fingerprint density at radius 2 is 2.00 bits per heavy atom. The fraction of sp³-hybridized carbons (Fsp3) is 0.389. The number of carbonyl (C=O) groups is 2. The molecule has 0 aliphatic heterocycles. The molecule has 0 saturated carbocycles. The molecular weight excluding hydrogens is 322 g/mol. The van der Waals surface area contributed by atoms with Crippen molar-refractivity contribution in [2.24, 2.45) is 0 Å². The van der Waals surface area contributed by atoms with Gasteiger partial charge in [0, 0.05) is 22.7 Å². The van der Waals surface area contributed by atoms with Crippen LogP contribution in [0.3, 0.4) is 0 Å². The van der Waals surface area contributed by atoms with E-state index in [1.54, 1.807) is 17.5 Å². The van der Waals surface area contributed by atoms with Crippen molar-refractivity contribution < 1.29 is 9.59 Å². The molecule has 5 nitrogen and oxygen atoms in total. The summed E-state index contributed by atoms with van der Waals surface area (Å²) in [6.07, 6.45) is 1.88. The number of carbonyl (C=O) groups excluding carboxylic acids is 2. The lowest BCUT2D eigenvalue weighted by Crippen LogP contribution is -2.30. The molecule has 6 heteroatoms. The number of hydrogen-bond donors (Lipinski definition) is 2. The summed E-state index contributed by atoms with van der Waals surface area (Å²) in [5.41, 5.74) is 2.46. The van der Waals surface area contributed by atoms with Gasteiger partial charge in [-0.3, -0.25) is 9.59 Å². The highest BCUT2D eigenvalue weighted by Gasteiger charge is 2.14. The maximum atomic E-state index is 12.4. The molecule has 1 aromatic carbocycles. The second-order valence-electron chi connectivity index (χ2n) is 5.99. The van der Waals surface area contributed by atoms with E-state index in [1.807, 2.05) is 26.8 Å². The zero-order valence-corrected chi connectivity index (χ0v) is 15.3. The summed E-state index contributed by atoms with van der Waals surface area (Å²) in [6, 6.07) is 5.34. The van der Waals surface area contributed by atoms with Crippen molar-refractivity contribution in [3.05, 3.63) is 45.4 Å². The molecule has 0 saturated heterocycles. The fourth-order valence-electron chi connectivity index (χ4n) is 2.17. The SMILES string of the molecule is CCCc1nc(C(=O)Nc2cc(C(=O)NC(C)C)ccc2C)cs1. The van der Waals surface area contributed by atoms with Crippen molar-refractivity contribution in [3.8, 4) is 0 Å². The number of hydrogen-bond acceptors (Lipinski definition) is 4. The lowest BCUT2D eigenvalue weighted by Gasteiger charge is -2.12. The van der Waals surface area contributed by atoms with Gasteiger partial charge in [0.15, 0.2) is 0 Å². The van der Waals surface area contributed by atoms with Gasteiger partial charge >= 0.3 is 0 Å². The van der Waals surface area contributed by atoms with E-state index in [2.05, 4.69) is 22.5 Å². The van der Waals surface area contributed by atoms with Gasteiger partial charge in [0.1, 0.15) is 5.69 Å². The van der Waals surface area contributed by atoms with Crippen LogP contribution >= 0.6 is 11.3 Å². The van der Waals surface area contributed by atoms with Crippen LogP contribution in [-0.4, -0.2) is 22.8 Å². The summed E-state index contributed by atoms with van der Waals surface area (Å²) in [7, 11) is 0. The molecule has 2 N–H and O–H groups in total. The second-order valence-corrected chi connectivity index (χ2v) is 6.93. The molecule has 0 aliphatic rings. The number of thiazole rings is 1. The third-order valence-corrected chi connectivity index (χ3v) is 4.32. The molecule has 2 amide bonds. The van der Waals surface area contributed by atoms with E-state index in [1.165, 1.54) is 11.3 Å². The maximum Gasteiger partial charge on any atom is 0.275 e. The van der Waals surface area contributed by atoms with E-state index < -0.39 is 0 Å². The Morgan fingerprint density at radius 1 is 1.25 bits per heavy atom. The van der Waals surface area contributed by atoms with Crippen LogP contribution in [0.1, 0.15) is 58.6 Å². The van der Waals surface area contributed by atoms with Gasteiger partial charge in [0.05, 0.1) is 5.01 Å².